The Balaban J connectivity index is 1.34. The zero-order chi connectivity index (χ0) is 20.9. The average Bonchev–Trinajstić information content (AvgIpc) is 3.12. The predicted molar refractivity (Wildman–Crippen MR) is 120 cm³/mol. The van der Waals surface area contributed by atoms with E-state index in [-0.39, 0.29) is 11.7 Å². The molecule has 1 fully saturated rings. The van der Waals surface area contributed by atoms with Crippen molar-refractivity contribution >= 4 is 5.78 Å². The number of piperidine rings is 1. The molecule has 1 atom stereocenters. The lowest BCUT2D eigenvalue weighted by Gasteiger charge is -2.26. The zero-order valence-corrected chi connectivity index (χ0v) is 18.3. The SMILES string of the molecule is COc1cc2c(cc1OC)C(=O)C(c1ccc(CCCCN3CCCCC3)cc1)C2. The summed E-state index contributed by atoms with van der Waals surface area (Å²) >= 11 is 0. The molecule has 1 heterocycles. The summed E-state index contributed by atoms with van der Waals surface area (Å²) in [6.45, 7) is 3.80. The van der Waals surface area contributed by atoms with Crippen molar-refractivity contribution in [1.82, 2.24) is 4.90 Å². The third-order valence-corrected chi connectivity index (χ3v) is 6.64. The highest BCUT2D eigenvalue weighted by Gasteiger charge is 2.33. The standard InChI is InChI=1S/C26H33NO3/c1-29-24-17-21-16-22(26(28)23(21)18-25(24)30-2)20-11-9-19(10-12-20)8-4-7-15-27-13-5-3-6-14-27/h9-12,17-18,22H,3-8,13-16H2,1-2H3. The first kappa shape index (κ1) is 20.9. The van der Waals surface area contributed by atoms with E-state index in [1.807, 2.05) is 12.1 Å². The second-order valence-corrected chi connectivity index (χ2v) is 8.59. The number of nitrogens with zero attached hydrogens (tertiary/aromatic N) is 1. The predicted octanol–water partition coefficient (Wildman–Crippen LogP) is 5.04. The Morgan fingerprint density at radius 1 is 0.933 bits per heavy atom. The van der Waals surface area contributed by atoms with E-state index in [0.29, 0.717) is 11.5 Å². The number of unbranched alkanes of at least 4 members (excludes halogenated alkanes) is 1. The Labute approximate surface area is 180 Å². The lowest BCUT2D eigenvalue weighted by Crippen LogP contribution is -2.30. The summed E-state index contributed by atoms with van der Waals surface area (Å²) in [6.07, 6.45) is 8.46. The van der Waals surface area contributed by atoms with Gasteiger partial charge in [0.2, 0.25) is 0 Å². The Morgan fingerprint density at radius 3 is 2.33 bits per heavy atom. The van der Waals surface area contributed by atoms with Gasteiger partial charge in [-0.1, -0.05) is 30.7 Å². The minimum atomic E-state index is -0.107. The van der Waals surface area contributed by atoms with Crippen LogP contribution in [0.2, 0.25) is 0 Å². The van der Waals surface area contributed by atoms with E-state index in [4.69, 9.17) is 9.47 Å². The van der Waals surface area contributed by atoms with Crippen LogP contribution in [0.3, 0.4) is 0 Å². The van der Waals surface area contributed by atoms with E-state index in [1.165, 1.54) is 57.3 Å². The van der Waals surface area contributed by atoms with Crippen LogP contribution >= 0.6 is 0 Å². The van der Waals surface area contributed by atoms with Gasteiger partial charge in [-0.15, -0.1) is 0 Å². The third-order valence-electron chi connectivity index (χ3n) is 6.64. The number of ketones is 1. The molecule has 0 amide bonds. The van der Waals surface area contributed by atoms with E-state index in [1.54, 1.807) is 14.2 Å². The van der Waals surface area contributed by atoms with Crippen molar-refractivity contribution in [3.8, 4) is 11.5 Å². The molecule has 1 unspecified atom stereocenters. The van der Waals surface area contributed by atoms with Gasteiger partial charge in [0, 0.05) is 5.56 Å². The molecule has 2 aromatic carbocycles. The molecule has 1 saturated heterocycles. The summed E-state index contributed by atoms with van der Waals surface area (Å²) in [7, 11) is 3.23. The molecule has 0 N–H and O–H groups in total. The van der Waals surface area contributed by atoms with E-state index in [2.05, 4.69) is 29.2 Å². The minimum Gasteiger partial charge on any atom is -0.493 e. The fourth-order valence-electron chi connectivity index (χ4n) is 4.85. The smallest absolute Gasteiger partial charge is 0.171 e. The number of methoxy groups -OCH3 is 2. The summed E-state index contributed by atoms with van der Waals surface area (Å²) < 4.78 is 10.8. The molecule has 2 aromatic rings. The van der Waals surface area contributed by atoms with Crippen molar-refractivity contribution in [2.24, 2.45) is 0 Å². The van der Waals surface area contributed by atoms with Crippen LogP contribution in [-0.2, 0) is 12.8 Å². The van der Waals surface area contributed by atoms with E-state index >= 15 is 0 Å². The van der Waals surface area contributed by atoms with Gasteiger partial charge in [0.15, 0.2) is 17.3 Å². The van der Waals surface area contributed by atoms with Gasteiger partial charge in [-0.25, -0.2) is 0 Å². The Kier molecular flexibility index (Phi) is 6.73. The molecule has 0 radical (unpaired) electrons. The molecule has 1 aliphatic heterocycles. The first-order valence-corrected chi connectivity index (χ1v) is 11.3. The molecule has 1 aliphatic carbocycles. The number of hydrogen-bond acceptors (Lipinski definition) is 4. The normalized spacial score (nSPS) is 19.0. The molecule has 0 saturated carbocycles. The summed E-state index contributed by atoms with van der Waals surface area (Å²) in [5.74, 6) is 1.37. The number of aryl methyl sites for hydroxylation is 1. The fraction of sp³-hybridized carbons (Fsp3) is 0.500. The Hall–Kier alpha value is -2.33. The lowest BCUT2D eigenvalue weighted by atomic mass is 9.93. The number of carbonyl (C=O) groups is 1. The van der Waals surface area contributed by atoms with Gasteiger partial charge in [-0.2, -0.15) is 0 Å². The molecule has 0 spiro atoms. The van der Waals surface area contributed by atoms with Gasteiger partial charge in [0.05, 0.1) is 20.1 Å². The van der Waals surface area contributed by atoms with Crippen LogP contribution in [0.15, 0.2) is 36.4 Å². The topological polar surface area (TPSA) is 38.8 Å². The maximum atomic E-state index is 13.0. The molecule has 0 aromatic heterocycles. The number of fused-ring (bicyclic) bond motifs is 1. The average molecular weight is 408 g/mol. The highest BCUT2D eigenvalue weighted by Crippen LogP contribution is 2.40. The summed E-state index contributed by atoms with van der Waals surface area (Å²) in [5, 5.41) is 0. The van der Waals surface area contributed by atoms with Crippen LogP contribution < -0.4 is 9.47 Å². The fourth-order valence-corrected chi connectivity index (χ4v) is 4.85. The number of rotatable bonds is 8. The largest absolute Gasteiger partial charge is 0.493 e. The second-order valence-electron chi connectivity index (χ2n) is 8.59. The zero-order valence-electron chi connectivity index (χ0n) is 18.3. The van der Waals surface area contributed by atoms with Crippen LogP contribution in [0, 0.1) is 0 Å². The van der Waals surface area contributed by atoms with E-state index in [9.17, 15) is 4.79 Å². The Bertz CT molecular complexity index is 869. The highest BCUT2D eigenvalue weighted by atomic mass is 16.5. The molecule has 2 aliphatic rings. The monoisotopic (exact) mass is 407 g/mol. The number of benzene rings is 2. The van der Waals surface area contributed by atoms with Gasteiger partial charge >= 0.3 is 0 Å². The van der Waals surface area contributed by atoms with Crippen molar-refractivity contribution in [1.29, 1.82) is 0 Å². The van der Waals surface area contributed by atoms with Crippen LogP contribution in [0.1, 0.15) is 65.1 Å². The Morgan fingerprint density at radius 2 is 1.63 bits per heavy atom. The molecule has 4 heteroatoms. The maximum Gasteiger partial charge on any atom is 0.171 e. The molecule has 4 nitrogen and oxygen atoms in total. The van der Waals surface area contributed by atoms with Crippen molar-refractivity contribution in [2.45, 2.75) is 50.9 Å². The molecular weight excluding hydrogens is 374 g/mol. The van der Waals surface area contributed by atoms with Crippen LogP contribution in [0.5, 0.6) is 11.5 Å². The summed E-state index contributed by atoms with van der Waals surface area (Å²) in [6, 6.07) is 12.5. The molecule has 160 valence electrons. The van der Waals surface area contributed by atoms with Gasteiger partial charge in [0.25, 0.3) is 0 Å². The maximum absolute atomic E-state index is 13.0. The van der Waals surface area contributed by atoms with Crippen molar-refractivity contribution < 1.29 is 14.3 Å². The molecule has 4 rings (SSSR count). The molecule has 30 heavy (non-hydrogen) atoms. The number of carbonyl (C=O) groups excluding carboxylic acids is 1. The van der Waals surface area contributed by atoms with E-state index in [0.717, 1.165) is 29.5 Å². The van der Waals surface area contributed by atoms with Gasteiger partial charge in [-0.05, 0) is 87.0 Å². The minimum absolute atomic E-state index is 0.107. The number of Topliss-reactive ketones (excluding diaryl/α,β-unsaturated/α-hetero) is 1. The van der Waals surface area contributed by atoms with Crippen LogP contribution in [0.4, 0.5) is 0 Å². The highest BCUT2D eigenvalue weighted by molar-refractivity contribution is 6.05. The van der Waals surface area contributed by atoms with Crippen molar-refractivity contribution in [2.75, 3.05) is 33.9 Å². The first-order valence-electron chi connectivity index (χ1n) is 11.3. The first-order chi connectivity index (χ1) is 14.7. The third kappa shape index (κ3) is 4.54. The van der Waals surface area contributed by atoms with Crippen molar-refractivity contribution in [3.05, 3.63) is 58.7 Å². The summed E-state index contributed by atoms with van der Waals surface area (Å²) in [4.78, 5) is 15.6. The number of likely N-dealkylation sites (tertiary alicyclic amines) is 1. The quantitative estimate of drug-likeness (QED) is 0.575. The number of hydrogen-bond donors (Lipinski definition) is 0. The van der Waals surface area contributed by atoms with Crippen LogP contribution in [-0.4, -0.2) is 44.5 Å². The molecular formula is C26H33NO3. The lowest BCUT2D eigenvalue weighted by molar-refractivity contribution is 0.0972. The second kappa shape index (κ2) is 9.65. The van der Waals surface area contributed by atoms with E-state index < -0.39 is 0 Å². The number of ether oxygens (including phenoxy) is 2. The van der Waals surface area contributed by atoms with Gasteiger partial charge in [0.1, 0.15) is 0 Å². The van der Waals surface area contributed by atoms with Crippen LogP contribution in [0.25, 0.3) is 0 Å². The summed E-state index contributed by atoms with van der Waals surface area (Å²) in [5.41, 5.74) is 4.28. The van der Waals surface area contributed by atoms with Crippen molar-refractivity contribution in [3.63, 3.8) is 0 Å². The van der Waals surface area contributed by atoms with Gasteiger partial charge in [-0.3, -0.25) is 4.79 Å². The van der Waals surface area contributed by atoms with Gasteiger partial charge < -0.3 is 14.4 Å². The molecule has 0 bridgehead atoms.